The average molecular weight is 307 g/mol. The van der Waals surface area contributed by atoms with Crippen molar-refractivity contribution in [3.8, 4) is 0 Å². The number of rotatable bonds is 6. The molecule has 1 aliphatic heterocycles. The third-order valence-corrected chi connectivity index (χ3v) is 4.48. The van der Waals surface area contributed by atoms with Crippen LogP contribution in [-0.2, 0) is 22.4 Å². The largest absolute Gasteiger partial charge is 0.355 e. The first-order valence-corrected chi connectivity index (χ1v) is 8.12. The molecular formula is C20H21NO2. The fraction of sp³-hybridized carbons (Fsp3) is 0.300. The van der Waals surface area contributed by atoms with Crippen LogP contribution in [0.3, 0.4) is 0 Å². The van der Waals surface area contributed by atoms with Gasteiger partial charge in [0.15, 0.2) is 0 Å². The number of nitrogens with one attached hydrogen (secondary N) is 1. The van der Waals surface area contributed by atoms with Crippen LogP contribution in [0.2, 0.25) is 0 Å². The summed E-state index contributed by atoms with van der Waals surface area (Å²) in [5.74, 6) is -0.485. The van der Waals surface area contributed by atoms with E-state index in [1.165, 1.54) is 5.56 Å². The molecule has 0 aromatic heterocycles. The van der Waals surface area contributed by atoms with Crippen LogP contribution in [0.4, 0.5) is 0 Å². The summed E-state index contributed by atoms with van der Waals surface area (Å²) in [4.78, 5) is 24.7. The number of ketones is 1. The van der Waals surface area contributed by atoms with Gasteiger partial charge in [-0.25, -0.2) is 0 Å². The molecule has 1 amide bonds. The van der Waals surface area contributed by atoms with Gasteiger partial charge in [0.25, 0.3) is 0 Å². The molecule has 1 heterocycles. The Morgan fingerprint density at radius 1 is 0.957 bits per heavy atom. The molecule has 1 aliphatic rings. The summed E-state index contributed by atoms with van der Waals surface area (Å²) >= 11 is 0. The van der Waals surface area contributed by atoms with Crippen LogP contribution in [0.1, 0.15) is 17.5 Å². The zero-order valence-corrected chi connectivity index (χ0v) is 13.1. The molecule has 2 aromatic carbocycles. The van der Waals surface area contributed by atoms with E-state index in [0.29, 0.717) is 19.4 Å². The molecule has 1 saturated heterocycles. The summed E-state index contributed by atoms with van der Waals surface area (Å²) in [6.45, 7) is 0.593. The van der Waals surface area contributed by atoms with E-state index in [4.69, 9.17) is 0 Å². The number of hydrogen-bond donors (Lipinski definition) is 1. The zero-order chi connectivity index (χ0) is 16.1. The van der Waals surface area contributed by atoms with E-state index in [-0.39, 0.29) is 17.6 Å². The number of carbonyl (C=O) groups excluding carboxylic acids is 2. The van der Waals surface area contributed by atoms with Gasteiger partial charge in [-0.1, -0.05) is 60.7 Å². The number of Topliss-reactive ketones (excluding diaryl/α,β-unsaturated/α-hetero) is 1. The van der Waals surface area contributed by atoms with Crippen LogP contribution < -0.4 is 5.32 Å². The number of amides is 1. The molecular weight excluding hydrogens is 286 g/mol. The molecule has 1 fully saturated rings. The van der Waals surface area contributed by atoms with Crippen molar-refractivity contribution in [1.82, 2.24) is 5.32 Å². The van der Waals surface area contributed by atoms with E-state index in [0.717, 1.165) is 12.0 Å². The average Bonchev–Trinajstić information content (AvgIpc) is 2.95. The molecule has 0 aliphatic carbocycles. The van der Waals surface area contributed by atoms with Crippen molar-refractivity contribution in [2.45, 2.75) is 19.3 Å². The molecule has 0 unspecified atom stereocenters. The predicted octanol–water partition coefficient (Wildman–Crippen LogP) is 2.79. The second kappa shape index (κ2) is 7.23. The molecule has 3 nitrogen and oxygen atoms in total. The lowest BCUT2D eigenvalue weighted by molar-refractivity contribution is -0.132. The summed E-state index contributed by atoms with van der Waals surface area (Å²) in [5, 5.41) is 2.86. The molecule has 118 valence electrons. The van der Waals surface area contributed by atoms with Crippen molar-refractivity contribution < 1.29 is 9.59 Å². The Kier molecular flexibility index (Phi) is 4.86. The van der Waals surface area contributed by atoms with Gasteiger partial charge in [0.05, 0.1) is 0 Å². The van der Waals surface area contributed by atoms with Crippen molar-refractivity contribution in [2.24, 2.45) is 11.8 Å². The molecule has 23 heavy (non-hydrogen) atoms. The Morgan fingerprint density at radius 3 is 2.22 bits per heavy atom. The highest BCUT2D eigenvalue weighted by Crippen LogP contribution is 2.25. The molecule has 1 N–H and O–H groups in total. The molecule has 2 atom stereocenters. The predicted molar refractivity (Wildman–Crippen MR) is 89.9 cm³/mol. The minimum absolute atomic E-state index is 0.0600. The molecule has 2 aromatic rings. The van der Waals surface area contributed by atoms with Crippen LogP contribution in [-0.4, -0.2) is 18.2 Å². The first-order valence-electron chi connectivity index (χ1n) is 8.12. The van der Waals surface area contributed by atoms with Gasteiger partial charge in [0.2, 0.25) is 5.91 Å². The van der Waals surface area contributed by atoms with E-state index in [1.54, 1.807) is 0 Å². The van der Waals surface area contributed by atoms with Crippen molar-refractivity contribution in [3.63, 3.8) is 0 Å². The minimum atomic E-state index is -0.501. The fourth-order valence-corrected chi connectivity index (χ4v) is 3.26. The summed E-state index contributed by atoms with van der Waals surface area (Å²) in [6, 6.07) is 20.0. The van der Waals surface area contributed by atoms with Crippen molar-refractivity contribution in [3.05, 3.63) is 71.8 Å². The Labute approximate surface area is 136 Å². The highest BCUT2D eigenvalue weighted by molar-refractivity contribution is 6.03. The van der Waals surface area contributed by atoms with E-state index >= 15 is 0 Å². The number of hydrogen-bond acceptors (Lipinski definition) is 2. The van der Waals surface area contributed by atoms with Crippen LogP contribution in [0, 0.1) is 11.8 Å². The zero-order valence-electron chi connectivity index (χ0n) is 13.1. The van der Waals surface area contributed by atoms with Crippen molar-refractivity contribution >= 4 is 11.7 Å². The maximum Gasteiger partial charge on any atom is 0.230 e. The van der Waals surface area contributed by atoms with Gasteiger partial charge >= 0.3 is 0 Å². The van der Waals surface area contributed by atoms with E-state index in [2.05, 4.69) is 5.32 Å². The molecule has 0 bridgehead atoms. The summed E-state index contributed by atoms with van der Waals surface area (Å²) < 4.78 is 0. The standard InChI is InChI=1S/C20H21NO2/c22-18(12-11-15-7-3-1-4-8-15)19-17(14-21-20(19)23)13-16-9-5-2-6-10-16/h1-10,17,19H,11-14H2,(H,21,23)/t17-,19+/m1/s1. The molecule has 0 spiro atoms. The van der Waals surface area contributed by atoms with Gasteiger partial charge in [0.1, 0.15) is 11.7 Å². The molecule has 3 heteroatoms. The van der Waals surface area contributed by atoms with Crippen LogP contribution in [0.25, 0.3) is 0 Å². The van der Waals surface area contributed by atoms with Gasteiger partial charge in [-0.2, -0.15) is 0 Å². The lowest BCUT2D eigenvalue weighted by atomic mass is 9.84. The Morgan fingerprint density at radius 2 is 1.57 bits per heavy atom. The fourth-order valence-electron chi connectivity index (χ4n) is 3.26. The topological polar surface area (TPSA) is 46.2 Å². The Balaban J connectivity index is 1.63. The lowest BCUT2D eigenvalue weighted by Crippen LogP contribution is -2.29. The van der Waals surface area contributed by atoms with E-state index in [1.807, 2.05) is 60.7 Å². The van der Waals surface area contributed by atoms with Gasteiger partial charge < -0.3 is 5.32 Å². The lowest BCUT2D eigenvalue weighted by Gasteiger charge is -2.16. The number of carbonyl (C=O) groups is 2. The Bertz CT molecular complexity index is 667. The molecule has 0 radical (unpaired) electrons. The van der Waals surface area contributed by atoms with Crippen LogP contribution in [0.5, 0.6) is 0 Å². The number of aryl methyl sites for hydroxylation is 1. The van der Waals surface area contributed by atoms with Gasteiger partial charge in [-0.3, -0.25) is 9.59 Å². The minimum Gasteiger partial charge on any atom is -0.355 e. The molecule has 3 rings (SSSR count). The maximum atomic E-state index is 12.6. The third-order valence-electron chi connectivity index (χ3n) is 4.48. The van der Waals surface area contributed by atoms with E-state index < -0.39 is 5.92 Å². The van der Waals surface area contributed by atoms with Crippen LogP contribution in [0.15, 0.2) is 60.7 Å². The SMILES string of the molecule is O=C(CCc1ccccc1)[C@H]1C(=O)NC[C@H]1Cc1ccccc1. The first kappa shape index (κ1) is 15.5. The van der Waals surface area contributed by atoms with Crippen LogP contribution >= 0.6 is 0 Å². The second-order valence-corrected chi connectivity index (χ2v) is 6.12. The third kappa shape index (κ3) is 3.86. The Hall–Kier alpha value is -2.42. The first-order chi connectivity index (χ1) is 11.2. The quantitative estimate of drug-likeness (QED) is 0.834. The smallest absolute Gasteiger partial charge is 0.230 e. The van der Waals surface area contributed by atoms with E-state index in [9.17, 15) is 9.59 Å². The van der Waals surface area contributed by atoms with Crippen molar-refractivity contribution in [1.29, 1.82) is 0 Å². The highest BCUT2D eigenvalue weighted by atomic mass is 16.2. The van der Waals surface area contributed by atoms with Gasteiger partial charge in [0, 0.05) is 13.0 Å². The highest BCUT2D eigenvalue weighted by Gasteiger charge is 2.39. The normalized spacial score (nSPS) is 20.3. The summed E-state index contributed by atoms with van der Waals surface area (Å²) in [6.07, 6.45) is 1.89. The van der Waals surface area contributed by atoms with Gasteiger partial charge in [-0.05, 0) is 29.9 Å². The summed E-state index contributed by atoms with van der Waals surface area (Å²) in [5.41, 5.74) is 2.31. The molecule has 0 saturated carbocycles. The van der Waals surface area contributed by atoms with Crippen molar-refractivity contribution in [2.75, 3.05) is 6.54 Å². The number of benzene rings is 2. The summed E-state index contributed by atoms with van der Waals surface area (Å²) in [7, 11) is 0. The maximum absolute atomic E-state index is 12.6. The second-order valence-electron chi connectivity index (χ2n) is 6.12. The monoisotopic (exact) mass is 307 g/mol. The van der Waals surface area contributed by atoms with Gasteiger partial charge in [-0.15, -0.1) is 0 Å².